The second kappa shape index (κ2) is 5.04. The van der Waals surface area contributed by atoms with Crippen molar-refractivity contribution >= 4 is 0 Å². The molecule has 4 nitrogen and oxygen atoms in total. The fourth-order valence-electron chi connectivity index (χ4n) is 1.75. The lowest BCUT2D eigenvalue weighted by atomic mass is 10.1. The first kappa shape index (κ1) is 12.4. The molecule has 1 N–H and O–H groups in total. The van der Waals surface area contributed by atoms with Crippen molar-refractivity contribution in [3.05, 3.63) is 46.0 Å². The second-order valence-electron chi connectivity index (χ2n) is 4.05. The Morgan fingerprint density at radius 1 is 1.28 bits per heavy atom. The van der Waals surface area contributed by atoms with Crippen LogP contribution >= 0.6 is 0 Å². The third-order valence-electron chi connectivity index (χ3n) is 2.78. The van der Waals surface area contributed by atoms with Crippen molar-refractivity contribution in [1.29, 1.82) is 0 Å². The van der Waals surface area contributed by atoms with Crippen LogP contribution in [0.3, 0.4) is 0 Å². The van der Waals surface area contributed by atoms with E-state index in [1.54, 1.807) is 0 Å². The summed E-state index contributed by atoms with van der Waals surface area (Å²) in [6.45, 7) is 6.18. The standard InChI is InChI=1S/C14H16N2O2/c1-4-18-12-8-6-5-7-11(12)13-14(17)16-10(3)9(2)15-13/h5-8H,4H2,1-3H3,(H,16,17). The number of benzene rings is 1. The molecule has 0 aliphatic rings. The molecule has 0 aliphatic heterocycles. The van der Waals surface area contributed by atoms with Gasteiger partial charge in [-0.15, -0.1) is 0 Å². The van der Waals surface area contributed by atoms with E-state index in [2.05, 4.69) is 9.97 Å². The van der Waals surface area contributed by atoms with Crippen molar-refractivity contribution < 1.29 is 4.74 Å². The molecule has 0 radical (unpaired) electrons. The molecule has 2 rings (SSSR count). The van der Waals surface area contributed by atoms with Gasteiger partial charge in [0.25, 0.3) is 5.56 Å². The number of hydrogen-bond acceptors (Lipinski definition) is 3. The zero-order chi connectivity index (χ0) is 13.1. The van der Waals surface area contributed by atoms with Gasteiger partial charge in [0.1, 0.15) is 11.4 Å². The van der Waals surface area contributed by atoms with Crippen LogP contribution in [0.15, 0.2) is 29.1 Å². The molecular formula is C14H16N2O2. The molecule has 0 amide bonds. The molecule has 0 spiro atoms. The normalized spacial score (nSPS) is 10.4. The van der Waals surface area contributed by atoms with Crippen molar-refractivity contribution in [3.63, 3.8) is 0 Å². The Bertz CT molecular complexity index is 617. The van der Waals surface area contributed by atoms with Gasteiger partial charge in [-0.05, 0) is 32.9 Å². The lowest BCUT2D eigenvalue weighted by Crippen LogP contribution is -2.15. The van der Waals surface area contributed by atoms with Crippen LogP contribution in [0.4, 0.5) is 0 Å². The molecule has 0 fully saturated rings. The summed E-state index contributed by atoms with van der Waals surface area (Å²) in [6, 6.07) is 7.43. The van der Waals surface area contributed by atoms with E-state index in [1.165, 1.54) is 0 Å². The Labute approximate surface area is 106 Å². The number of aryl methyl sites for hydroxylation is 2. The first-order chi connectivity index (χ1) is 8.63. The molecule has 0 bridgehead atoms. The molecule has 0 atom stereocenters. The number of H-pyrrole nitrogens is 1. The molecule has 18 heavy (non-hydrogen) atoms. The largest absolute Gasteiger partial charge is 0.493 e. The summed E-state index contributed by atoms with van der Waals surface area (Å²) in [5, 5.41) is 0. The first-order valence-electron chi connectivity index (χ1n) is 5.93. The van der Waals surface area contributed by atoms with E-state index in [0.717, 1.165) is 17.0 Å². The van der Waals surface area contributed by atoms with E-state index in [4.69, 9.17) is 4.74 Å². The van der Waals surface area contributed by atoms with Gasteiger partial charge >= 0.3 is 0 Å². The van der Waals surface area contributed by atoms with E-state index < -0.39 is 0 Å². The van der Waals surface area contributed by atoms with Gasteiger partial charge in [0.15, 0.2) is 0 Å². The molecule has 0 unspecified atom stereocenters. The van der Waals surface area contributed by atoms with Crippen LogP contribution in [0.1, 0.15) is 18.3 Å². The fraction of sp³-hybridized carbons (Fsp3) is 0.286. The summed E-state index contributed by atoms with van der Waals surface area (Å²) in [5.41, 5.74) is 2.55. The predicted octanol–water partition coefficient (Wildman–Crippen LogP) is 2.45. The summed E-state index contributed by atoms with van der Waals surface area (Å²) < 4.78 is 5.52. The first-order valence-corrected chi connectivity index (χ1v) is 5.93. The van der Waals surface area contributed by atoms with Crippen LogP contribution in [-0.4, -0.2) is 16.6 Å². The lowest BCUT2D eigenvalue weighted by molar-refractivity contribution is 0.341. The summed E-state index contributed by atoms with van der Waals surface area (Å²) in [7, 11) is 0. The van der Waals surface area contributed by atoms with Gasteiger partial charge in [0.05, 0.1) is 12.3 Å². The summed E-state index contributed by atoms with van der Waals surface area (Å²) in [5.74, 6) is 0.682. The Morgan fingerprint density at radius 2 is 2.00 bits per heavy atom. The molecule has 0 aliphatic carbocycles. The van der Waals surface area contributed by atoms with Gasteiger partial charge in [-0.3, -0.25) is 4.79 Å². The molecular weight excluding hydrogens is 228 g/mol. The number of hydrogen-bond donors (Lipinski definition) is 1. The maximum Gasteiger partial charge on any atom is 0.274 e. The monoisotopic (exact) mass is 244 g/mol. The van der Waals surface area contributed by atoms with Crippen LogP contribution in [0, 0.1) is 13.8 Å². The van der Waals surface area contributed by atoms with Crippen LogP contribution in [0.25, 0.3) is 11.3 Å². The molecule has 4 heteroatoms. The van der Waals surface area contributed by atoms with Crippen LogP contribution in [-0.2, 0) is 0 Å². The van der Waals surface area contributed by atoms with Crippen molar-refractivity contribution in [2.45, 2.75) is 20.8 Å². The number of aromatic nitrogens is 2. The number of nitrogens with one attached hydrogen (secondary N) is 1. The van der Waals surface area contributed by atoms with E-state index >= 15 is 0 Å². The maximum absolute atomic E-state index is 12.0. The SMILES string of the molecule is CCOc1ccccc1-c1nc(C)c(C)[nH]c1=O. The van der Waals surface area contributed by atoms with Crippen molar-refractivity contribution in [2.24, 2.45) is 0 Å². The molecule has 94 valence electrons. The van der Waals surface area contributed by atoms with Gasteiger partial charge in [0, 0.05) is 11.3 Å². The van der Waals surface area contributed by atoms with Gasteiger partial charge in [-0.2, -0.15) is 0 Å². The predicted molar refractivity (Wildman–Crippen MR) is 70.9 cm³/mol. The lowest BCUT2D eigenvalue weighted by Gasteiger charge is -2.09. The highest BCUT2D eigenvalue weighted by Crippen LogP contribution is 2.26. The average Bonchev–Trinajstić information content (AvgIpc) is 2.35. The zero-order valence-electron chi connectivity index (χ0n) is 10.8. The summed E-state index contributed by atoms with van der Waals surface area (Å²) >= 11 is 0. The van der Waals surface area contributed by atoms with Gasteiger partial charge < -0.3 is 9.72 Å². The maximum atomic E-state index is 12.0. The zero-order valence-corrected chi connectivity index (χ0v) is 10.8. The van der Waals surface area contributed by atoms with E-state index in [-0.39, 0.29) is 5.56 Å². The quantitative estimate of drug-likeness (QED) is 0.902. The third-order valence-corrected chi connectivity index (χ3v) is 2.78. The van der Waals surface area contributed by atoms with Gasteiger partial charge in [-0.25, -0.2) is 4.98 Å². The van der Waals surface area contributed by atoms with E-state index in [1.807, 2.05) is 45.0 Å². The topological polar surface area (TPSA) is 55.0 Å². The second-order valence-corrected chi connectivity index (χ2v) is 4.05. The third kappa shape index (κ3) is 2.27. The number of rotatable bonds is 3. The Morgan fingerprint density at radius 3 is 2.72 bits per heavy atom. The number of nitrogens with zero attached hydrogens (tertiary/aromatic N) is 1. The molecule has 1 heterocycles. The highest BCUT2D eigenvalue weighted by Gasteiger charge is 2.12. The van der Waals surface area contributed by atoms with Crippen LogP contribution < -0.4 is 10.3 Å². The number of ether oxygens (including phenoxy) is 1. The molecule has 2 aromatic rings. The van der Waals surface area contributed by atoms with Gasteiger partial charge in [0.2, 0.25) is 0 Å². The van der Waals surface area contributed by atoms with Crippen LogP contribution in [0.5, 0.6) is 5.75 Å². The molecule has 1 aromatic carbocycles. The highest BCUT2D eigenvalue weighted by molar-refractivity contribution is 5.66. The summed E-state index contributed by atoms with van der Waals surface area (Å²) in [4.78, 5) is 19.1. The van der Waals surface area contributed by atoms with Crippen molar-refractivity contribution in [2.75, 3.05) is 6.61 Å². The molecule has 0 saturated heterocycles. The highest BCUT2D eigenvalue weighted by atomic mass is 16.5. The average molecular weight is 244 g/mol. The van der Waals surface area contributed by atoms with Crippen LogP contribution in [0.2, 0.25) is 0 Å². The van der Waals surface area contributed by atoms with E-state index in [0.29, 0.717) is 18.1 Å². The van der Waals surface area contributed by atoms with Crippen molar-refractivity contribution in [1.82, 2.24) is 9.97 Å². The summed E-state index contributed by atoms with van der Waals surface area (Å²) in [6.07, 6.45) is 0. The minimum absolute atomic E-state index is 0.190. The number of aromatic amines is 1. The molecule has 0 saturated carbocycles. The smallest absolute Gasteiger partial charge is 0.274 e. The van der Waals surface area contributed by atoms with Crippen molar-refractivity contribution in [3.8, 4) is 17.0 Å². The van der Waals surface area contributed by atoms with E-state index in [9.17, 15) is 4.79 Å². The fourth-order valence-corrected chi connectivity index (χ4v) is 1.75. The Hall–Kier alpha value is -2.10. The number of para-hydroxylation sites is 1. The molecule has 1 aromatic heterocycles. The minimum atomic E-state index is -0.190. The Balaban J connectivity index is 2.62. The Kier molecular flexibility index (Phi) is 3.46. The van der Waals surface area contributed by atoms with Gasteiger partial charge in [-0.1, -0.05) is 12.1 Å². The minimum Gasteiger partial charge on any atom is -0.493 e.